The summed E-state index contributed by atoms with van der Waals surface area (Å²) in [5, 5.41) is 0. The molecule has 0 heterocycles. The molecule has 2 N–H and O–H groups in total. The van der Waals surface area contributed by atoms with Crippen LogP contribution in [-0.4, -0.2) is 18.6 Å². The van der Waals surface area contributed by atoms with Crippen molar-refractivity contribution in [2.75, 3.05) is 6.54 Å². The van der Waals surface area contributed by atoms with Crippen LogP contribution in [0.15, 0.2) is 12.2 Å². The van der Waals surface area contributed by atoms with Gasteiger partial charge in [-0.3, -0.25) is 0 Å². The van der Waals surface area contributed by atoms with Crippen molar-refractivity contribution < 1.29 is 9.53 Å². The highest BCUT2D eigenvalue weighted by atomic mass is 16.5. The summed E-state index contributed by atoms with van der Waals surface area (Å²) in [5.41, 5.74) is 6.99. The molecule has 0 bridgehead atoms. The van der Waals surface area contributed by atoms with Crippen LogP contribution in [0.3, 0.4) is 0 Å². The molecule has 0 spiro atoms. The highest BCUT2D eigenvalue weighted by Crippen LogP contribution is 2.68. The van der Waals surface area contributed by atoms with Gasteiger partial charge in [-0.1, -0.05) is 60.5 Å². The molecule has 4 rings (SSSR count). The first-order valence-corrected chi connectivity index (χ1v) is 14.7. The molecule has 34 heavy (non-hydrogen) atoms. The van der Waals surface area contributed by atoms with E-state index >= 15 is 0 Å². The Morgan fingerprint density at radius 1 is 0.971 bits per heavy atom. The van der Waals surface area contributed by atoms with Gasteiger partial charge < -0.3 is 10.5 Å². The largest absolute Gasteiger partial charge is 0.459 e. The van der Waals surface area contributed by atoms with Crippen molar-refractivity contribution in [3.8, 4) is 0 Å². The van der Waals surface area contributed by atoms with Crippen molar-refractivity contribution in [2.24, 2.45) is 58.0 Å². The number of ether oxygens (including phenoxy) is 1. The first-order chi connectivity index (χ1) is 16.1. The fourth-order valence-electron chi connectivity index (χ4n) is 9.67. The zero-order valence-electron chi connectivity index (χ0n) is 22.9. The summed E-state index contributed by atoms with van der Waals surface area (Å²) < 4.78 is 5.83. The van der Waals surface area contributed by atoms with Gasteiger partial charge in [-0.25, -0.2) is 4.79 Å². The summed E-state index contributed by atoms with van der Waals surface area (Å²) in [6.07, 6.45) is 16.1. The average molecular weight is 472 g/mol. The molecule has 4 aliphatic carbocycles. The minimum atomic E-state index is -0.280. The molecule has 0 aromatic rings. The third-order valence-electron chi connectivity index (χ3n) is 11.6. The Morgan fingerprint density at radius 3 is 2.38 bits per heavy atom. The van der Waals surface area contributed by atoms with Crippen LogP contribution < -0.4 is 5.73 Å². The minimum Gasteiger partial charge on any atom is -0.459 e. The van der Waals surface area contributed by atoms with E-state index in [4.69, 9.17) is 10.5 Å². The topological polar surface area (TPSA) is 52.3 Å². The maximum absolute atomic E-state index is 12.3. The predicted octanol–water partition coefficient (Wildman–Crippen LogP) is 7.53. The van der Waals surface area contributed by atoms with Crippen LogP contribution in [0.2, 0.25) is 0 Å². The van der Waals surface area contributed by atoms with Crippen LogP contribution in [0.5, 0.6) is 0 Å². The standard InChI is InChI=1S/C31H53NO2/c1-20(2)8-7-9-21(3)26-12-13-27-25-11-10-23-18-24(34-29(33)22(4)19-32)14-16-30(23,5)28(25)15-17-31(26,27)6/h20-21,23-28H,4,7-19,32H2,1-3,5-6H3/t21-,23+,24+,25+,26?,27+,28+,30+,31-/m1/s1. The van der Waals surface area contributed by atoms with Gasteiger partial charge in [0.15, 0.2) is 0 Å². The van der Waals surface area contributed by atoms with Crippen molar-refractivity contribution in [3.63, 3.8) is 0 Å². The van der Waals surface area contributed by atoms with Crippen LogP contribution in [0.25, 0.3) is 0 Å². The van der Waals surface area contributed by atoms with E-state index in [-0.39, 0.29) is 18.6 Å². The molecule has 4 fully saturated rings. The van der Waals surface area contributed by atoms with Crippen molar-refractivity contribution in [2.45, 2.75) is 118 Å². The lowest BCUT2D eigenvalue weighted by molar-refractivity contribution is -0.159. The first kappa shape index (κ1) is 26.2. The monoisotopic (exact) mass is 471 g/mol. The molecule has 3 heteroatoms. The van der Waals surface area contributed by atoms with Crippen molar-refractivity contribution >= 4 is 5.97 Å². The number of rotatable bonds is 8. The van der Waals surface area contributed by atoms with Gasteiger partial charge in [0.25, 0.3) is 0 Å². The molecule has 0 saturated heterocycles. The summed E-state index contributed by atoms with van der Waals surface area (Å²) in [5.74, 6) is 5.79. The van der Waals surface area contributed by atoms with Crippen molar-refractivity contribution in [1.82, 2.24) is 0 Å². The van der Waals surface area contributed by atoms with E-state index in [1.807, 2.05) is 0 Å². The predicted molar refractivity (Wildman–Crippen MR) is 141 cm³/mol. The van der Waals surface area contributed by atoms with Crippen LogP contribution in [0.4, 0.5) is 0 Å². The molecule has 9 atom stereocenters. The van der Waals surface area contributed by atoms with Gasteiger partial charge in [-0.15, -0.1) is 0 Å². The number of hydrogen-bond acceptors (Lipinski definition) is 3. The van der Waals surface area contributed by atoms with Gasteiger partial charge in [-0.2, -0.15) is 0 Å². The molecular formula is C31H53NO2. The lowest BCUT2D eigenvalue weighted by Crippen LogP contribution is -2.54. The number of carbonyl (C=O) groups is 1. The van der Waals surface area contributed by atoms with E-state index in [0.29, 0.717) is 22.3 Å². The lowest BCUT2D eigenvalue weighted by atomic mass is 9.44. The molecule has 0 aromatic heterocycles. The number of carbonyl (C=O) groups excluding carboxylic acids is 1. The second-order valence-electron chi connectivity index (χ2n) is 13.8. The second kappa shape index (κ2) is 10.3. The van der Waals surface area contributed by atoms with Gasteiger partial charge in [0.2, 0.25) is 0 Å². The smallest absolute Gasteiger partial charge is 0.334 e. The zero-order valence-corrected chi connectivity index (χ0v) is 22.9. The summed E-state index contributed by atoms with van der Waals surface area (Å²) in [6.45, 7) is 16.6. The summed E-state index contributed by atoms with van der Waals surface area (Å²) in [4.78, 5) is 12.3. The van der Waals surface area contributed by atoms with Gasteiger partial charge in [0.1, 0.15) is 6.10 Å². The molecule has 3 nitrogen and oxygen atoms in total. The fraction of sp³-hybridized carbons (Fsp3) is 0.903. The molecule has 0 radical (unpaired) electrons. The Labute approximate surface area is 210 Å². The van der Waals surface area contributed by atoms with Gasteiger partial charge >= 0.3 is 5.97 Å². The molecule has 4 saturated carbocycles. The minimum absolute atomic E-state index is 0.0573. The first-order valence-electron chi connectivity index (χ1n) is 14.7. The molecule has 1 unspecified atom stereocenters. The summed E-state index contributed by atoms with van der Waals surface area (Å²) >= 11 is 0. The van der Waals surface area contributed by atoms with Gasteiger partial charge in [0, 0.05) is 12.1 Å². The molecule has 4 aliphatic rings. The molecular weight excluding hydrogens is 418 g/mol. The second-order valence-corrected chi connectivity index (χ2v) is 13.8. The maximum Gasteiger partial charge on any atom is 0.334 e. The number of fused-ring (bicyclic) bond motifs is 5. The third kappa shape index (κ3) is 4.76. The fourth-order valence-corrected chi connectivity index (χ4v) is 9.67. The number of nitrogens with two attached hydrogens (primary N) is 1. The van der Waals surface area contributed by atoms with E-state index < -0.39 is 0 Å². The summed E-state index contributed by atoms with van der Waals surface area (Å²) in [7, 11) is 0. The molecule has 0 aromatic carbocycles. The third-order valence-corrected chi connectivity index (χ3v) is 11.6. The average Bonchev–Trinajstić information content (AvgIpc) is 3.15. The SMILES string of the molecule is C=C(CN)C(=O)O[C@H]1CC[C@@]2(C)[C@@H](CC[C@@H]3[C@@H]2CC[C@]2(C)C([C@H](C)CCCC(C)C)CC[C@@H]32)C1. The van der Waals surface area contributed by atoms with E-state index in [2.05, 4.69) is 41.2 Å². The Kier molecular flexibility index (Phi) is 7.92. The highest BCUT2D eigenvalue weighted by Gasteiger charge is 2.60. The Bertz CT molecular complexity index is 746. The van der Waals surface area contributed by atoms with Crippen LogP contribution in [-0.2, 0) is 9.53 Å². The molecule has 194 valence electrons. The van der Waals surface area contributed by atoms with Crippen LogP contribution >= 0.6 is 0 Å². The van der Waals surface area contributed by atoms with Gasteiger partial charge in [-0.05, 0) is 110 Å². The van der Waals surface area contributed by atoms with Crippen molar-refractivity contribution in [1.29, 1.82) is 0 Å². The lowest BCUT2D eigenvalue weighted by Gasteiger charge is -2.61. The van der Waals surface area contributed by atoms with E-state index in [1.54, 1.807) is 0 Å². The molecule has 0 aliphatic heterocycles. The number of esters is 1. The van der Waals surface area contributed by atoms with E-state index in [1.165, 1.54) is 64.2 Å². The van der Waals surface area contributed by atoms with E-state index in [9.17, 15) is 4.79 Å². The Balaban J connectivity index is 1.40. The normalized spacial score (nSPS) is 42.4. The Hall–Kier alpha value is -0.830. The van der Waals surface area contributed by atoms with E-state index in [0.717, 1.165) is 48.3 Å². The van der Waals surface area contributed by atoms with Crippen molar-refractivity contribution in [3.05, 3.63) is 12.2 Å². The highest BCUT2D eigenvalue weighted by molar-refractivity contribution is 5.88. The summed E-state index contributed by atoms with van der Waals surface area (Å²) in [6, 6.07) is 0. The van der Waals surface area contributed by atoms with Crippen LogP contribution in [0, 0.1) is 52.3 Å². The molecule has 0 amide bonds. The zero-order chi connectivity index (χ0) is 24.7. The quantitative estimate of drug-likeness (QED) is 0.294. The van der Waals surface area contributed by atoms with Crippen LogP contribution in [0.1, 0.15) is 112 Å². The maximum atomic E-state index is 12.3. The van der Waals surface area contributed by atoms with Gasteiger partial charge in [0.05, 0.1) is 0 Å². The Morgan fingerprint density at radius 2 is 1.68 bits per heavy atom. The number of hydrogen-bond donors (Lipinski definition) is 1.